The molecular weight excluding hydrogens is 336 g/mol. The topological polar surface area (TPSA) is 101 Å². The zero-order valence-corrected chi connectivity index (χ0v) is 15.4. The predicted octanol–water partition coefficient (Wildman–Crippen LogP) is 1.20. The molecule has 0 unspecified atom stereocenters. The molecule has 0 bridgehead atoms. The van der Waals surface area contributed by atoms with Gasteiger partial charge in [-0.1, -0.05) is 38.5 Å². The van der Waals surface area contributed by atoms with E-state index < -0.39 is 0 Å². The molecule has 146 valence electrons. The normalized spacial score (nSPS) is 15.7. The number of aliphatic imine (C=N–C) groups is 2. The molecule has 2 heterocycles. The third-order valence-corrected chi connectivity index (χ3v) is 4.23. The Bertz CT molecular complexity index is 473. The lowest BCUT2D eigenvalue weighted by Crippen LogP contribution is -2.31. The Morgan fingerprint density at radius 2 is 1.08 bits per heavy atom. The Morgan fingerprint density at radius 3 is 1.42 bits per heavy atom. The van der Waals surface area contributed by atoms with Gasteiger partial charge in [-0.15, -0.1) is 0 Å². The van der Waals surface area contributed by atoms with E-state index in [1.54, 1.807) is 0 Å². The Labute approximate surface area is 154 Å². The summed E-state index contributed by atoms with van der Waals surface area (Å²) in [4.78, 5) is 31.2. The molecule has 2 amide bonds. The van der Waals surface area contributed by atoms with Crippen LogP contribution in [0.4, 0.5) is 0 Å². The van der Waals surface area contributed by atoms with E-state index in [0.717, 1.165) is 25.7 Å². The van der Waals surface area contributed by atoms with Crippen LogP contribution in [0, 0.1) is 0 Å². The van der Waals surface area contributed by atoms with Gasteiger partial charge in [0, 0.05) is 13.1 Å². The molecule has 0 atom stereocenters. The average Bonchev–Trinajstić information content (AvgIpc) is 3.35. The first-order valence-corrected chi connectivity index (χ1v) is 9.68. The fourth-order valence-corrected chi connectivity index (χ4v) is 2.81. The van der Waals surface area contributed by atoms with Crippen molar-refractivity contribution in [1.29, 1.82) is 0 Å². The van der Waals surface area contributed by atoms with Gasteiger partial charge in [-0.05, 0) is 12.8 Å². The van der Waals surface area contributed by atoms with Crippen molar-refractivity contribution in [2.45, 2.75) is 51.4 Å². The SMILES string of the molecule is O=C(NCCCCCCCCCCNC(=O)C1=NCCO1)C1=NCCO1. The number of amides is 2. The largest absolute Gasteiger partial charge is 0.472 e. The minimum Gasteiger partial charge on any atom is -0.472 e. The van der Waals surface area contributed by atoms with E-state index in [9.17, 15) is 9.59 Å². The van der Waals surface area contributed by atoms with Crippen molar-refractivity contribution in [2.24, 2.45) is 9.98 Å². The van der Waals surface area contributed by atoms with Crippen molar-refractivity contribution in [3.63, 3.8) is 0 Å². The van der Waals surface area contributed by atoms with Crippen LogP contribution in [0.3, 0.4) is 0 Å². The summed E-state index contributed by atoms with van der Waals surface area (Å²) in [6, 6.07) is 0. The maximum absolute atomic E-state index is 11.6. The van der Waals surface area contributed by atoms with E-state index >= 15 is 0 Å². The lowest BCUT2D eigenvalue weighted by molar-refractivity contribution is -0.116. The first kappa shape index (κ1) is 20.2. The van der Waals surface area contributed by atoms with Gasteiger partial charge in [0.05, 0.1) is 13.1 Å². The zero-order chi connectivity index (χ0) is 18.5. The summed E-state index contributed by atoms with van der Waals surface area (Å²) < 4.78 is 10.2. The highest BCUT2D eigenvalue weighted by Crippen LogP contribution is 2.08. The van der Waals surface area contributed by atoms with Crippen LogP contribution in [-0.2, 0) is 19.1 Å². The number of hydrogen-bond acceptors (Lipinski definition) is 6. The molecule has 0 fully saturated rings. The van der Waals surface area contributed by atoms with Crippen LogP contribution in [0.1, 0.15) is 51.4 Å². The summed E-state index contributed by atoms with van der Waals surface area (Å²) in [5.74, 6) is 0.0669. The molecule has 0 spiro atoms. The molecular formula is C18H30N4O4. The van der Waals surface area contributed by atoms with Crippen molar-refractivity contribution in [3.05, 3.63) is 0 Å². The van der Waals surface area contributed by atoms with Gasteiger partial charge in [-0.3, -0.25) is 9.59 Å². The van der Waals surface area contributed by atoms with Crippen LogP contribution < -0.4 is 10.6 Å². The van der Waals surface area contributed by atoms with Crippen molar-refractivity contribution >= 4 is 23.6 Å². The second-order valence-corrected chi connectivity index (χ2v) is 6.41. The molecule has 2 rings (SSSR count). The molecule has 2 aliphatic heterocycles. The van der Waals surface area contributed by atoms with Gasteiger partial charge in [0.1, 0.15) is 13.2 Å². The minimum absolute atomic E-state index is 0.193. The molecule has 0 aromatic carbocycles. The minimum atomic E-state index is -0.193. The lowest BCUT2D eigenvalue weighted by Gasteiger charge is -2.06. The maximum Gasteiger partial charge on any atom is 0.306 e. The number of nitrogens with zero attached hydrogens (tertiary/aromatic N) is 2. The van der Waals surface area contributed by atoms with Crippen molar-refractivity contribution in [3.8, 4) is 0 Å². The number of ether oxygens (including phenoxy) is 2. The summed E-state index contributed by atoms with van der Waals surface area (Å²) in [7, 11) is 0. The third kappa shape index (κ3) is 7.84. The van der Waals surface area contributed by atoms with Crippen molar-refractivity contribution in [1.82, 2.24) is 10.6 Å². The molecule has 0 radical (unpaired) electrons. The monoisotopic (exact) mass is 366 g/mol. The fraction of sp³-hybridized carbons (Fsp3) is 0.778. The van der Waals surface area contributed by atoms with Crippen LogP contribution in [0.15, 0.2) is 9.98 Å². The number of nitrogens with one attached hydrogen (secondary N) is 2. The highest BCUT2D eigenvalue weighted by molar-refractivity contribution is 6.35. The smallest absolute Gasteiger partial charge is 0.306 e. The Kier molecular flexibility index (Phi) is 9.53. The summed E-state index contributed by atoms with van der Waals surface area (Å²) >= 11 is 0. The highest BCUT2D eigenvalue weighted by Gasteiger charge is 2.16. The number of hydrogen-bond donors (Lipinski definition) is 2. The van der Waals surface area contributed by atoms with Gasteiger partial charge in [0.25, 0.3) is 11.8 Å². The van der Waals surface area contributed by atoms with E-state index in [1.807, 2.05) is 0 Å². The molecule has 0 saturated heterocycles. The quantitative estimate of drug-likeness (QED) is 0.478. The lowest BCUT2D eigenvalue weighted by atomic mass is 10.1. The van der Waals surface area contributed by atoms with E-state index in [2.05, 4.69) is 20.6 Å². The van der Waals surface area contributed by atoms with Gasteiger partial charge in [0.2, 0.25) is 0 Å². The molecule has 26 heavy (non-hydrogen) atoms. The van der Waals surface area contributed by atoms with Crippen molar-refractivity contribution < 1.29 is 19.1 Å². The predicted molar refractivity (Wildman–Crippen MR) is 99.5 cm³/mol. The van der Waals surface area contributed by atoms with E-state index in [1.165, 1.54) is 25.7 Å². The first-order chi connectivity index (χ1) is 12.8. The zero-order valence-electron chi connectivity index (χ0n) is 15.4. The molecule has 0 aromatic rings. The molecule has 0 aliphatic carbocycles. The van der Waals surface area contributed by atoms with Crippen LogP contribution in [-0.4, -0.2) is 63.0 Å². The van der Waals surface area contributed by atoms with E-state index in [4.69, 9.17) is 9.47 Å². The van der Waals surface area contributed by atoms with E-state index in [-0.39, 0.29) is 23.6 Å². The van der Waals surface area contributed by atoms with E-state index in [0.29, 0.717) is 39.4 Å². The van der Waals surface area contributed by atoms with Crippen molar-refractivity contribution in [2.75, 3.05) is 39.4 Å². The molecule has 0 saturated carbocycles. The van der Waals surface area contributed by atoms with Crippen LogP contribution in [0.25, 0.3) is 0 Å². The fourth-order valence-electron chi connectivity index (χ4n) is 2.81. The van der Waals surface area contributed by atoms with Gasteiger partial charge in [-0.2, -0.15) is 0 Å². The number of carbonyl (C=O) groups is 2. The van der Waals surface area contributed by atoms with Gasteiger partial charge < -0.3 is 20.1 Å². The molecule has 2 aliphatic rings. The average molecular weight is 366 g/mol. The highest BCUT2D eigenvalue weighted by atomic mass is 16.5. The summed E-state index contributed by atoms with van der Waals surface area (Å²) in [6.07, 6.45) is 8.98. The number of unbranched alkanes of at least 4 members (excludes halogenated alkanes) is 7. The number of carbonyl (C=O) groups excluding carboxylic acids is 2. The van der Waals surface area contributed by atoms with Gasteiger partial charge >= 0.3 is 11.8 Å². The van der Waals surface area contributed by atoms with Gasteiger partial charge in [-0.25, -0.2) is 9.98 Å². The standard InChI is InChI=1S/C18H30N4O4/c23-15(17-21-11-13-25-17)19-9-7-5-3-1-2-4-6-8-10-20-16(24)18-22-12-14-26-18/h1-14H2,(H,19,23)(H,20,24). The maximum atomic E-state index is 11.6. The summed E-state index contributed by atoms with van der Waals surface area (Å²) in [5, 5.41) is 5.67. The number of rotatable bonds is 13. The Hall–Kier alpha value is -2.12. The summed E-state index contributed by atoms with van der Waals surface area (Å²) in [5.41, 5.74) is 0. The molecule has 0 aromatic heterocycles. The molecule has 8 nitrogen and oxygen atoms in total. The Morgan fingerprint density at radius 1 is 0.692 bits per heavy atom. The molecule has 8 heteroatoms. The second-order valence-electron chi connectivity index (χ2n) is 6.41. The first-order valence-electron chi connectivity index (χ1n) is 9.68. The third-order valence-electron chi connectivity index (χ3n) is 4.23. The molecule has 2 N–H and O–H groups in total. The Balaban J connectivity index is 1.31. The summed E-state index contributed by atoms with van der Waals surface area (Å²) in [6.45, 7) is 3.54. The van der Waals surface area contributed by atoms with Crippen LogP contribution >= 0.6 is 0 Å². The van der Waals surface area contributed by atoms with Crippen LogP contribution in [0.2, 0.25) is 0 Å². The second kappa shape index (κ2) is 12.3. The van der Waals surface area contributed by atoms with Crippen LogP contribution in [0.5, 0.6) is 0 Å². The van der Waals surface area contributed by atoms with Gasteiger partial charge in [0.15, 0.2) is 0 Å².